The summed E-state index contributed by atoms with van der Waals surface area (Å²) in [6.07, 6.45) is -0.115. The van der Waals surface area contributed by atoms with Gasteiger partial charge < -0.3 is 20.1 Å². The summed E-state index contributed by atoms with van der Waals surface area (Å²) in [5.41, 5.74) is 0.939. The molecule has 0 aliphatic carbocycles. The fraction of sp³-hybridized carbons (Fsp3) is 0.381. The van der Waals surface area contributed by atoms with Gasteiger partial charge in [0.15, 0.2) is 17.5 Å². The lowest BCUT2D eigenvalue weighted by atomic mass is 10.2. The average Bonchev–Trinajstić information content (AvgIpc) is 2.74. The molecule has 0 aromatic heterocycles. The molecule has 1 unspecified atom stereocenters. The molecule has 0 saturated heterocycles. The molecule has 2 aromatic rings. The molecule has 8 nitrogen and oxygen atoms in total. The lowest BCUT2D eigenvalue weighted by Gasteiger charge is -2.19. The molecule has 0 heterocycles. The van der Waals surface area contributed by atoms with Crippen molar-refractivity contribution in [3.8, 4) is 11.5 Å². The summed E-state index contributed by atoms with van der Waals surface area (Å²) in [6, 6.07) is 14.3. The third-order valence-electron chi connectivity index (χ3n) is 4.34. The number of ether oxygens (including phenoxy) is 2. The third-order valence-corrected chi connectivity index (χ3v) is 6.17. The second-order valence-corrected chi connectivity index (χ2v) is 8.97. The molecule has 2 N–H and O–H groups in total. The van der Waals surface area contributed by atoms with Gasteiger partial charge in [-0.25, -0.2) is 12.7 Å². The number of nitrogens with zero attached hydrogens (tertiary/aromatic N) is 2. The van der Waals surface area contributed by atoms with Gasteiger partial charge in [0.2, 0.25) is 10.0 Å². The molecule has 9 heteroatoms. The molecule has 30 heavy (non-hydrogen) atoms. The molecule has 0 saturated carbocycles. The van der Waals surface area contributed by atoms with Crippen molar-refractivity contribution in [1.29, 1.82) is 0 Å². The lowest BCUT2D eigenvalue weighted by Crippen LogP contribution is -2.41. The van der Waals surface area contributed by atoms with Crippen LogP contribution in [-0.2, 0) is 16.6 Å². The molecule has 1 atom stereocenters. The first kappa shape index (κ1) is 23.5. The van der Waals surface area contributed by atoms with Crippen LogP contribution in [0.5, 0.6) is 11.5 Å². The van der Waals surface area contributed by atoms with Crippen molar-refractivity contribution >= 4 is 16.0 Å². The minimum Gasteiger partial charge on any atom is -0.493 e. The van der Waals surface area contributed by atoms with E-state index in [1.54, 1.807) is 38.4 Å². The zero-order valence-electron chi connectivity index (χ0n) is 18.0. The summed E-state index contributed by atoms with van der Waals surface area (Å²) in [5, 5.41) is 6.43. The highest BCUT2D eigenvalue weighted by Crippen LogP contribution is 2.26. The van der Waals surface area contributed by atoms with Gasteiger partial charge in [0.1, 0.15) is 6.10 Å². The SMILES string of the molecule is CN=C(NCc1ccc(S(=O)(=O)N(C)C)cc1)NCC(C)Oc1ccccc1OC. The Morgan fingerprint density at radius 3 is 2.27 bits per heavy atom. The Kier molecular flexibility index (Phi) is 8.49. The molecule has 0 bridgehead atoms. The van der Waals surface area contributed by atoms with Crippen LogP contribution in [0.15, 0.2) is 58.4 Å². The van der Waals surface area contributed by atoms with Gasteiger partial charge in [-0.15, -0.1) is 0 Å². The first-order valence-electron chi connectivity index (χ1n) is 9.53. The number of guanidine groups is 1. The summed E-state index contributed by atoms with van der Waals surface area (Å²) in [6.45, 7) is 3.00. The van der Waals surface area contributed by atoms with E-state index in [-0.39, 0.29) is 11.0 Å². The lowest BCUT2D eigenvalue weighted by molar-refractivity contribution is 0.213. The number of nitrogens with one attached hydrogen (secondary N) is 2. The third kappa shape index (κ3) is 6.36. The number of rotatable bonds is 9. The van der Waals surface area contributed by atoms with Gasteiger partial charge in [-0.2, -0.15) is 0 Å². The molecule has 164 valence electrons. The fourth-order valence-electron chi connectivity index (χ4n) is 2.61. The Balaban J connectivity index is 1.86. The quantitative estimate of drug-likeness (QED) is 0.464. The number of hydrogen-bond donors (Lipinski definition) is 2. The molecule has 0 amide bonds. The normalized spacial score (nSPS) is 13.1. The summed E-state index contributed by atoms with van der Waals surface area (Å²) in [5.74, 6) is 1.99. The second kappa shape index (κ2) is 10.8. The van der Waals surface area contributed by atoms with Crippen LogP contribution < -0.4 is 20.1 Å². The second-order valence-electron chi connectivity index (χ2n) is 6.82. The van der Waals surface area contributed by atoms with E-state index in [1.165, 1.54) is 18.4 Å². The summed E-state index contributed by atoms with van der Waals surface area (Å²) < 4.78 is 36.7. The highest BCUT2D eigenvalue weighted by molar-refractivity contribution is 7.89. The Morgan fingerprint density at radius 2 is 1.70 bits per heavy atom. The number of sulfonamides is 1. The Hall–Kier alpha value is -2.78. The highest BCUT2D eigenvalue weighted by Gasteiger charge is 2.16. The molecule has 2 rings (SSSR count). The average molecular weight is 435 g/mol. The first-order valence-corrected chi connectivity index (χ1v) is 11.0. The van der Waals surface area contributed by atoms with Crippen LogP contribution in [0.25, 0.3) is 0 Å². The standard InChI is InChI=1S/C21H30N4O4S/c1-16(29-20-9-7-6-8-19(20)28-5)14-23-21(22-2)24-15-17-10-12-18(13-11-17)30(26,27)25(3)4/h6-13,16H,14-15H2,1-5H3,(H2,22,23,24). The van der Waals surface area contributed by atoms with Crippen LogP contribution in [0, 0.1) is 0 Å². The van der Waals surface area contributed by atoms with E-state index in [9.17, 15) is 8.42 Å². The maximum atomic E-state index is 12.1. The van der Waals surface area contributed by atoms with Gasteiger partial charge in [-0.1, -0.05) is 24.3 Å². The van der Waals surface area contributed by atoms with Crippen LogP contribution >= 0.6 is 0 Å². The molecular weight excluding hydrogens is 404 g/mol. The maximum Gasteiger partial charge on any atom is 0.242 e. The zero-order valence-corrected chi connectivity index (χ0v) is 18.9. The van der Waals surface area contributed by atoms with Crippen molar-refractivity contribution in [1.82, 2.24) is 14.9 Å². The van der Waals surface area contributed by atoms with Crippen LogP contribution in [0.3, 0.4) is 0 Å². The van der Waals surface area contributed by atoms with E-state index in [0.717, 1.165) is 5.56 Å². The number of para-hydroxylation sites is 2. The minimum atomic E-state index is -3.42. The van der Waals surface area contributed by atoms with Crippen LogP contribution in [-0.4, -0.2) is 59.6 Å². The van der Waals surface area contributed by atoms with E-state index in [0.29, 0.717) is 30.5 Å². The van der Waals surface area contributed by atoms with Crippen molar-refractivity contribution in [3.63, 3.8) is 0 Å². The van der Waals surface area contributed by atoms with Gasteiger partial charge >= 0.3 is 0 Å². The van der Waals surface area contributed by atoms with E-state index >= 15 is 0 Å². The topological polar surface area (TPSA) is 92.3 Å². The van der Waals surface area contributed by atoms with Crippen molar-refractivity contribution in [2.24, 2.45) is 4.99 Å². The van der Waals surface area contributed by atoms with Gasteiger partial charge in [-0.3, -0.25) is 4.99 Å². The predicted octanol–water partition coefficient (Wildman–Crippen LogP) is 2.08. The van der Waals surface area contributed by atoms with E-state index in [2.05, 4.69) is 15.6 Å². The molecule has 0 radical (unpaired) electrons. The largest absolute Gasteiger partial charge is 0.493 e. The molecular formula is C21H30N4O4S. The van der Waals surface area contributed by atoms with Crippen molar-refractivity contribution in [2.75, 3.05) is 34.8 Å². The Labute approximate surface area is 179 Å². The summed E-state index contributed by atoms with van der Waals surface area (Å²) in [7, 11) is 2.90. The minimum absolute atomic E-state index is 0.115. The first-order chi connectivity index (χ1) is 14.3. The van der Waals surface area contributed by atoms with E-state index < -0.39 is 10.0 Å². The van der Waals surface area contributed by atoms with Gasteiger partial charge in [0, 0.05) is 27.7 Å². The van der Waals surface area contributed by atoms with Crippen molar-refractivity contribution < 1.29 is 17.9 Å². The molecule has 0 fully saturated rings. The predicted molar refractivity (Wildman–Crippen MR) is 119 cm³/mol. The highest BCUT2D eigenvalue weighted by atomic mass is 32.2. The Morgan fingerprint density at radius 1 is 1.07 bits per heavy atom. The number of aliphatic imine (C=N–C) groups is 1. The maximum absolute atomic E-state index is 12.1. The van der Waals surface area contributed by atoms with Gasteiger partial charge in [0.05, 0.1) is 18.6 Å². The Bertz CT molecular complexity index is 944. The van der Waals surface area contributed by atoms with E-state index in [1.807, 2.05) is 31.2 Å². The van der Waals surface area contributed by atoms with Crippen LogP contribution in [0.4, 0.5) is 0 Å². The summed E-state index contributed by atoms with van der Waals surface area (Å²) >= 11 is 0. The molecule has 2 aromatic carbocycles. The van der Waals surface area contributed by atoms with Crippen LogP contribution in [0.1, 0.15) is 12.5 Å². The smallest absolute Gasteiger partial charge is 0.242 e. The number of hydrogen-bond acceptors (Lipinski definition) is 5. The van der Waals surface area contributed by atoms with E-state index in [4.69, 9.17) is 9.47 Å². The molecule has 0 aliphatic rings. The summed E-state index contributed by atoms with van der Waals surface area (Å²) in [4.78, 5) is 4.47. The van der Waals surface area contributed by atoms with Gasteiger partial charge in [-0.05, 0) is 36.8 Å². The fourth-order valence-corrected chi connectivity index (χ4v) is 3.51. The van der Waals surface area contributed by atoms with Crippen LogP contribution in [0.2, 0.25) is 0 Å². The van der Waals surface area contributed by atoms with Crippen molar-refractivity contribution in [3.05, 3.63) is 54.1 Å². The zero-order chi connectivity index (χ0) is 22.1. The number of methoxy groups -OCH3 is 1. The molecule has 0 spiro atoms. The van der Waals surface area contributed by atoms with Gasteiger partial charge in [0.25, 0.3) is 0 Å². The monoisotopic (exact) mass is 434 g/mol. The number of benzene rings is 2. The van der Waals surface area contributed by atoms with Crippen molar-refractivity contribution in [2.45, 2.75) is 24.5 Å². The molecule has 0 aliphatic heterocycles.